The van der Waals surface area contributed by atoms with Crippen molar-refractivity contribution in [2.45, 2.75) is 19.0 Å². The summed E-state index contributed by atoms with van der Waals surface area (Å²) in [6.07, 6.45) is 7.29. The van der Waals surface area contributed by atoms with Crippen molar-refractivity contribution >= 4 is 5.96 Å². The number of likely N-dealkylation sites (tertiary alicyclic amines) is 1. The summed E-state index contributed by atoms with van der Waals surface area (Å²) in [7, 11) is 1.83. The molecule has 1 fully saturated rings. The fraction of sp³-hybridized carbons (Fsp3) is 0.571. The first kappa shape index (κ1) is 13.2. The van der Waals surface area contributed by atoms with E-state index in [4.69, 9.17) is 4.52 Å². The zero-order valence-electron chi connectivity index (χ0n) is 11.8. The maximum absolute atomic E-state index is 4.83. The van der Waals surface area contributed by atoms with E-state index in [9.17, 15) is 0 Å². The first-order valence-corrected chi connectivity index (χ1v) is 7.10. The number of hydrogen-bond donors (Lipinski definition) is 1. The molecule has 1 saturated heterocycles. The minimum absolute atomic E-state index is 0.635. The van der Waals surface area contributed by atoms with Crippen LogP contribution in [0.25, 0.3) is 0 Å². The summed E-state index contributed by atoms with van der Waals surface area (Å²) in [6.45, 7) is 4.92. The highest BCUT2D eigenvalue weighted by atomic mass is 16.5. The van der Waals surface area contributed by atoms with Crippen LogP contribution in [0.4, 0.5) is 0 Å². The van der Waals surface area contributed by atoms with Gasteiger partial charge in [0.05, 0.1) is 6.54 Å². The highest BCUT2D eigenvalue weighted by molar-refractivity contribution is 5.80. The summed E-state index contributed by atoms with van der Waals surface area (Å²) in [4.78, 5) is 9.21. The van der Waals surface area contributed by atoms with Crippen molar-refractivity contribution in [2.24, 2.45) is 4.99 Å². The van der Waals surface area contributed by atoms with Gasteiger partial charge in [0.15, 0.2) is 5.96 Å². The van der Waals surface area contributed by atoms with Crippen LogP contribution in [0.1, 0.15) is 12.1 Å². The van der Waals surface area contributed by atoms with E-state index >= 15 is 0 Å². The van der Waals surface area contributed by atoms with Crippen molar-refractivity contribution in [1.29, 1.82) is 0 Å². The lowest BCUT2D eigenvalue weighted by atomic mass is 10.2. The SMILES string of the molecule is CN=C(NCc1ccon1)N1CCC(N2CC=CC2)C1. The first-order valence-electron chi connectivity index (χ1n) is 7.10. The predicted octanol–water partition coefficient (Wildman–Crippen LogP) is 0.696. The van der Waals surface area contributed by atoms with Gasteiger partial charge in [0.2, 0.25) is 0 Å². The number of nitrogens with zero attached hydrogens (tertiary/aromatic N) is 4. The summed E-state index contributed by atoms with van der Waals surface area (Å²) in [5, 5.41) is 7.24. The highest BCUT2D eigenvalue weighted by Gasteiger charge is 2.29. The summed E-state index contributed by atoms with van der Waals surface area (Å²) >= 11 is 0. The van der Waals surface area contributed by atoms with Gasteiger partial charge in [-0.25, -0.2) is 0 Å². The minimum atomic E-state index is 0.635. The molecule has 0 bridgehead atoms. The smallest absolute Gasteiger partial charge is 0.194 e. The molecular weight excluding hydrogens is 254 g/mol. The van der Waals surface area contributed by atoms with Gasteiger partial charge < -0.3 is 14.7 Å². The van der Waals surface area contributed by atoms with Gasteiger partial charge in [0.1, 0.15) is 12.0 Å². The summed E-state index contributed by atoms with van der Waals surface area (Å²) in [5.74, 6) is 0.947. The van der Waals surface area contributed by atoms with Crippen LogP contribution in [0.2, 0.25) is 0 Å². The van der Waals surface area contributed by atoms with E-state index in [2.05, 4.69) is 37.4 Å². The Hall–Kier alpha value is -1.82. The molecule has 0 aromatic carbocycles. The molecular formula is C14H21N5O. The van der Waals surface area contributed by atoms with Crippen molar-refractivity contribution in [2.75, 3.05) is 33.2 Å². The van der Waals surface area contributed by atoms with Crippen molar-refractivity contribution in [1.82, 2.24) is 20.3 Å². The zero-order chi connectivity index (χ0) is 13.8. The number of hydrogen-bond acceptors (Lipinski definition) is 4. The van der Waals surface area contributed by atoms with Crippen LogP contribution in [-0.4, -0.2) is 60.2 Å². The molecule has 3 rings (SSSR count). The van der Waals surface area contributed by atoms with Crippen molar-refractivity contribution in [3.63, 3.8) is 0 Å². The number of aliphatic imine (C=N–C) groups is 1. The van der Waals surface area contributed by atoms with Gasteiger partial charge in [-0.2, -0.15) is 0 Å². The predicted molar refractivity (Wildman–Crippen MR) is 77.4 cm³/mol. The Morgan fingerprint density at radius 3 is 3.05 bits per heavy atom. The first-order chi connectivity index (χ1) is 9.86. The van der Waals surface area contributed by atoms with E-state index in [-0.39, 0.29) is 0 Å². The van der Waals surface area contributed by atoms with E-state index in [1.165, 1.54) is 6.42 Å². The van der Waals surface area contributed by atoms with Crippen molar-refractivity contribution in [3.05, 3.63) is 30.2 Å². The molecule has 2 aliphatic heterocycles. The molecule has 6 heteroatoms. The lowest BCUT2D eigenvalue weighted by Crippen LogP contribution is -2.42. The fourth-order valence-electron chi connectivity index (χ4n) is 2.86. The van der Waals surface area contributed by atoms with E-state index < -0.39 is 0 Å². The van der Waals surface area contributed by atoms with Crippen LogP contribution < -0.4 is 5.32 Å². The Morgan fingerprint density at radius 2 is 2.35 bits per heavy atom. The molecule has 3 heterocycles. The lowest BCUT2D eigenvalue weighted by molar-refractivity contribution is 0.259. The number of aromatic nitrogens is 1. The van der Waals surface area contributed by atoms with Crippen LogP contribution in [0.5, 0.6) is 0 Å². The lowest BCUT2D eigenvalue weighted by Gasteiger charge is -2.25. The van der Waals surface area contributed by atoms with E-state index in [1.807, 2.05) is 13.1 Å². The monoisotopic (exact) mass is 275 g/mol. The molecule has 20 heavy (non-hydrogen) atoms. The van der Waals surface area contributed by atoms with Crippen LogP contribution in [0.15, 0.2) is 34.0 Å². The normalized spacial score (nSPS) is 23.8. The standard InChI is InChI=1S/C14H21N5O/c1-15-14(16-10-12-5-9-20-17-12)19-8-4-13(11-19)18-6-2-3-7-18/h2-3,5,9,13H,4,6-8,10-11H2,1H3,(H,15,16). The van der Waals surface area contributed by atoms with Gasteiger partial charge in [-0.15, -0.1) is 0 Å². The molecule has 1 aromatic rings. The molecule has 0 aliphatic carbocycles. The summed E-state index contributed by atoms with van der Waals surface area (Å²) < 4.78 is 4.83. The molecule has 0 radical (unpaired) electrons. The Kier molecular flexibility index (Phi) is 4.01. The molecule has 0 saturated carbocycles. The molecule has 1 atom stereocenters. The topological polar surface area (TPSA) is 56.9 Å². The Labute approximate surface area is 119 Å². The number of rotatable bonds is 3. The number of nitrogens with one attached hydrogen (secondary N) is 1. The Morgan fingerprint density at radius 1 is 1.50 bits per heavy atom. The minimum Gasteiger partial charge on any atom is -0.364 e. The van der Waals surface area contributed by atoms with E-state index in [0.717, 1.165) is 37.8 Å². The van der Waals surface area contributed by atoms with Gasteiger partial charge >= 0.3 is 0 Å². The van der Waals surface area contributed by atoms with Crippen molar-refractivity contribution in [3.8, 4) is 0 Å². The zero-order valence-corrected chi connectivity index (χ0v) is 11.8. The fourth-order valence-corrected chi connectivity index (χ4v) is 2.86. The maximum atomic E-state index is 4.83. The number of guanidine groups is 1. The van der Waals surface area contributed by atoms with Gasteiger partial charge in [0, 0.05) is 45.3 Å². The largest absolute Gasteiger partial charge is 0.364 e. The van der Waals surface area contributed by atoms with Crippen LogP contribution in [0.3, 0.4) is 0 Å². The second kappa shape index (κ2) is 6.09. The second-order valence-corrected chi connectivity index (χ2v) is 5.21. The molecule has 1 aromatic heterocycles. The van der Waals surface area contributed by atoms with E-state index in [0.29, 0.717) is 12.6 Å². The molecule has 0 spiro atoms. The molecule has 0 amide bonds. The summed E-state index contributed by atoms with van der Waals surface area (Å²) in [5.41, 5.74) is 0.894. The third-order valence-corrected chi connectivity index (χ3v) is 3.96. The second-order valence-electron chi connectivity index (χ2n) is 5.21. The Bertz CT molecular complexity index is 474. The van der Waals surface area contributed by atoms with Crippen molar-refractivity contribution < 1.29 is 4.52 Å². The molecule has 108 valence electrons. The highest BCUT2D eigenvalue weighted by Crippen LogP contribution is 2.17. The van der Waals surface area contributed by atoms with Gasteiger partial charge in [-0.1, -0.05) is 17.3 Å². The third kappa shape index (κ3) is 2.85. The molecule has 2 aliphatic rings. The van der Waals surface area contributed by atoms with Crippen LogP contribution in [0, 0.1) is 0 Å². The molecule has 1 unspecified atom stereocenters. The van der Waals surface area contributed by atoms with Gasteiger partial charge in [0.25, 0.3) is 0 Å². The van der Waals surface area contributed by atoms with Gasteiger partial charge in [-0.05, 0) is 6.42 Å². The van der Waals surface area contributed by atoms with Crippen LogP contribution in [-0.2, 0) is 6.54 Å². The average Bonchev–Trinajstić information content (AvgIpc) is 3.21. The average molecular weight is 275 g/mol. The maximum Gasteiger partial charge on any atom is 0.194 e. The van der Waals surface area contributed by atoms with Gasteiger partial charge in [-0.3, -0.25) is 9.89 Å². The van der Waals surface area contributed by atoms with Crippen LogP contribution >= 0.6 is 0 Å². The third-order valence-electron chi connectivity index (χ3n) is 3.96. The molecule has 1 N–H and O–H groups in total. The molecule has 6 nitrogen and oxygen atoms in total. The summed E-state index contributed by atoms with van der Waals surface area (Å²) in [6, 6.07) is 2.50. The quantitative estimate of drug-likeness (QED) is 0.500. The van der Waals surface area contributed by atoms with E-state index in [1.54, 1.807) is 6.26 Å². The Balaban J connectivity index is 1.52.